The molecule has 0 radical (unpaired) electrons. The van der Waals surface area contributed by atoms with Crippen LogP contribution in [0.4, 0.5) is 13.2 Å². The van der Waals surface area contributed by atoms with Gasteiger partial charge in [0.25, 0.3) is 5.91 Å². The predicted molar refractivity (Wildman–Crippen MR) is 130 cm³/mol. The number of hydrazine groups is 1. The van der Waals surface area contributed by atoms with Gasteiger partial charge in [0.05, 0.1) is 6.61 Å². The number of ether oxygens (including phenoxy) is 2. The lowest BCUT2D eigenvalue weighted by Gasteiger charge is -2.30. The van der Waals surface area contributed by atoms with Crippen LogP contribution in [0.2, 0.25) is 10.0 Å². The number of aliphatic imine (C=N–C) groups is 1. The molecule has 0 unspecified atom stereocenters. The molecule has 36 heavy (non-hydrogen) atoms. The Morgan fingerprint density at radius 1 is 1.25 bits per heavy atom. The van der Waals surface area contributed by atoms with Crippen LogP contribution < -0.4 is 15.6 Å². The van der Waals surface area contributed by atoms with E-state index in [0.717, 1.165) is 0 Å². The number of aliphatic hydroxyl groups is 1. The topological polar surface area (TPSA) is 92.2 Å². The molecule has 0 saturated heterocycles. The van der Waals surface area contributed by atoms with Gasteiger partial charge >= 0.3 is 6.18 Å². The van der Waals surface area contributed by atoms with Gasteiger partial charge in [0, 0.05) is 40.6 Å². The first-order valence-electron chi connectivity index (χ1n) is 10.9. The fraction of sp³-hybridized carbons (Fsp3) is 0.333. The van der Waals surface area contributed by atoms with Crippen molar-refractivity contribution in [2.75, 3.05) is 19.8 Å². The quantitative estimate of drug-likeness (QED) is 0.215. The van der Waals surface area contributed by atoms with Crippen molar-refractivity contribution in [3.8, 4) is 5.75 Å². The molecular formula is C24H24Cl2F3N3O4. The van der Waals surface area contributed by atoms with Crippen LogP contribution in [0.1, 0.15) is 30.1 Å². The lowest BCUT2D eigenvalue weighted by molar-refractivity contribution is -0.136. The molecule has 7 nitrogen and oxygen atoms in total. The zero-order valence-corrected chi connectivity index (χ0v) is 20.5. The fourth-order valence-corrected chi connectivity index (χ4v) is 4.07. The molecule has 0 aromatic heterocycles. The van der Waals surface area contributed by atoms with Gasteiger partial charge in [-0.3, -0.25) is 10.2 Å². The maximum atomic E-state index is 13.3. The van der Waals surface area contributed by atoms with Crippen molar-refractivity contribution in [3.05, 3.63) is 76.3 Å². The Bertz CT molecular complexity index is 1110. The van der Waals surface area contributed by atoms with E-state index in [1.54, 1.807) is 36.4 Å². The highest BCUT2D eigenvalue weighted by Crippen LogP contribution is 2.45. The number of alkyl halides is 3. The summed E-state index contributed by atoms with van der Waals surface area (Å²) in [7, 11) is 0. The summed E-state index contributed by atoms with van der Waals surface area (Å²) < 4.78 is 49.6. The molecule has 0 saturated carbocycles. The Morgan fingerprint density at radius 2 is 1.97 bits per heavy atom. The van der Waals surface area contributed by atoms with Crippen molar-refractivity contribution in [2.45, 2.75) is 30.7 Å². The standard InChI is InChI=1S/C24H24Cl2F3N3O4/c1-2-10-23(22(34)32-30-14-24(27,28)29)20(18-9-6-16(25)13-19(18)26)36-21(31-23)15-4-7-17(8-5-15)35-12-3-11-33/h2,4-9,13,20,30,33H,1,3,10-12,14H2,(H,32,34)/t20-,23-/m0/s1. The van der Waals surface area contributed by atoms with Crippen molar-refractivity contribution in [1.29, 1.82) is 0 Å². The molecule has 2 aromatic carbocycles. The van der Waals surface area contributed by atoms with Crippen LogP contribution in [0.25, 0.3) is 0 Å². The third kappa shape index (κ3) is 6.70. The first kappa shape index (κ1) is 27.8. The van der Waals surface area contributed by atoms with E-state index in [9.17, 15) is 18.0 Å². The zero-order chi connectivity index (χ0) is 26.3. The van der Waals surface area contributed by atoms with E-state index in [2.05, 4.69) is 17.0 Å². The SMILES string of the molecule is C=CC[C@]1(C(=O)NNCC(F)(F)F)N=C(c2ccc(OCCCO)cc2)O[C@H]1c1ccc(Cl)cc1Cl. The minimum Gasteiger partial charge on any atom is -0.494 e. The van der Waals surface area contributed by atoms with Crippen molar-refractivity contribution >= 4 is 35.0 Å². The summed E-state index contributed by atoms with van der Waals surface area (Å²) in [6, 6.07) is 11.3. The monoisotopic (exact) mass is 545 g/mol. The number of nitrogens with one attached hydrogen (secondary N) is 2. The smallest absolute Gasteiger partial charge is 0.402 e. The normalized spacial score (nSPS) is 19.4. The van der Waals surface area contributed by atoms with E-state index in [-0.39, 0.29) is 23.9 Å². The largest absolute Gasteiger partial charge is 0.494 e. The van der Waals surface area contributed by atoms with Crippen LogP contribution in [0.3, 0.4) is 0 Å². The predicted octanol–water partition coefficient (Wildman–Crippen LogP) is 4.77. The molecule has 0 spiro atoms. The number of nitrogens with zero attached hydrogens (tertiary/aromatic N) is 1. The number of halogens is 5. The van der Waals surface area contributed by atoms with E-state index in [4.69, 9.17) is 37.8 Å². The Kier molecular flexibility index (Phi) is 9.24. The Labute approximate surface area is 215 Å². The maximum Gasteiger partial charge on any atom is 0.402 e. The van der Waals surface area contributed by atoms with Crippen LogP contribution in [-0.4, -0.2) is 48.4 Å². The molecular weight excluding hydrogens is 522 g/mol. The third-order valence-electron chi connectivity index (χ3n) is 5.22. The maximum absolute atomic E-state index is 13.3. The average molecular weight is 546 g/mol. The average Bonchev–Trinajstić information content (AvgIpc) is 3.19. The number of benzene rings is 2. The van der Waals surface area contributed by atoms with Gasteiger partial charge in [0.15, 0.2) is 11.6 Å². The molecule has 1 heterocycles. The molecule has 0 fully saturated rings. The van der Waals surface area contributed by atoms with Crippen molar-refractivity contribution in [3.63, 3.8) is 0 Å². The molecule has 2 aromatic rings. The van der Waals surface area contributed by atoms with Gasteiger partial charge in [-0.25, -0.2) is 10.4 Å². The second-order valence-electron chi connectivity index (χ2n) is 7.87. The molecule has 3 rings (SSSR count). The van der Waals surface area contributed by atoms with Crippen LogP contribution in [0.15, 0.2) is 60.1 Å². The molecule has 3 N–H and O–H groups in total. The van der Waals surface area contributed by atoms with Crippen molar-refractivity contribution in [1.82, 2.24) is 10.9 Å². The van der Waals surface area contributed by atoms with Gasteiger partial charge < -0.3 is 14.6 Å². The van der Waals surface area contributed by atoms with Gasteiger partial charge in [-0.1, -0.05) is 35.3 Å². The van der Waals surface area contributed by atoms with E-state index >= 15 is 0 Å². The molecule has 1 aliphatic heterocycles. The number of hydrogen-bond acceptors (Lipinski definition) is 6. The highest BCUT2D eigenvalue weighted by atomic mass is 35.5. The van der Waals surface area contributed by atoms with Gasteiger partial charge in [-0.2, -0.15) is 13.2 Å². The molecule has 1 aliphatic rings. The van der Waals surface area contributed by atoms with Crippen LogP contribution in [0.5, 0.6) is 5.75 Å². The first-order valence-corrected chi connectivity index (χ1v) is 11.6. The lowest BCUT2D eigenvalue weighted by atomic mass is 9.84. The van der Waals surface area contributed by atoms with Gasteiger partial charge in [0.2, 0.25) is 5.90 Å². The van der Waals surface area contributed by atoms with E-state index < -0.39 is 30.3 Å². The van der Waals surface area contributed by atoms with Crippen molar-refractivity contribution < 1.29 is 32.5 Å². The number of hydrogen-bond donors (Lipinski definition) is 3. The summed E-state index contributed by atoms with van der Waals surface area (Å²) in [6.45, 7) is 2.58. The van der Waals surface area contributed by atoms with Gasteiger partial charge in [-0.15, -0.1) is 6.58 Å². The van der Waals surface area contributed by atoms with E-state index in [0.29, 0.717) is 34.9 Å². The number of rotatable bonds is 11. The summed E-state index contributed by atoms with van der Waals surface area (Å²) in [6.07, 6.45) is -3.80. The highest BCUT2D eigenvalue weighted by molar-refractivity contribution is 6.35. The Morgan fingerprint density at radius 3 is 2.58 bits per heavy atom. The summed E-state index contributed by atoms with van der Waals surface area (Å²) in [5, 5.41) is 9.44. The zero-order valence-electron chi connectivity index (χ0n) is 18.9. The Hall–Kier alpha value is -2.79. The summed E-state index contributed by atoms with van der Waals surface area (Å²) in [4.78, 5) is 17.8. The van der Waals surface area contributed by atoms with Crippen LogP contribution in [-0.2, 0) is 9.53 Å². The van der Waals surface area contributed by atoms with Crippen LogP contribution >= 0.6 is 23.2 Å². The number of carbonyl (C=O) groups is 1. The van der Waals surface area contributed by atoms with E-state index in [1.165, 1.54) is 12.1 Å². The van der Waals surface area contributed by atoms with E-state index in [1.807, 2.05) is 5.43 Å². The lowest BCUT2D eigenvalue weighted by Crippen LogP contribution is -2.54. The first-order chi connectivity index (χ1) is 17.1. The summed E-state index contributed by atoms with van der Waals surface area (Å²) >= 11 is 12.4. The summed E-state index contributed by atoms with van der Waals surface area (Å²) in [5.74, 6) is -0.225. The Balaban J connectivity index is 1.98. The minimum absolute atomic E-state index is 0.00263. The molecule has 0 aliphatic carbocycles. The second kappa shape index (κ2) is 12.0. The number of amides is 1. The van der Waals surface area contributed by atoms with Crippen molar-refractivity contribution in [2.24, 2.45) is 4.99 Å². The highest BCUT2D eigenvalue weighted by Gasteiger charge is 2.53. The molecule has 12 heteroatoms. The minimum atomic E-state index is -4.54. The summed E-state index contributed by atoms with van der Waals surface area (Å²) in [5.41, 5.74) is 3.14. The number of carbonyl (C=O) groups excluding carboxylic acids is 1. The van der Waals surface area contributed by atoms with Gasteiger partial charge in [0.1, 0.15) is 12.3 Å². The molecule has 1 amide bonds. The molecule has 0 bridgehead atoms. The third-order valence-corrected chi connectivity index (χ3v) is 5.78. The number of aliphatic hydroxyl groups excluding tert-OH is 1. The second-order valence-corrected chi connectivity index (χ2v) is 8.71. The molecule has 2 atom stereocenters. The van der Waals surface area contributed by atoms with Crippen LogP contribution in [0, 0.1) is 0 Å². The van der Waals surface area contributed by atoms with Gasteiger partial charge in [-0.05, 0) is 36.4 Å². The fourth-order valence-electron chi connectivity index (χ4n) is 3.56. The molecule has 194 valence electrons.